The minimum Gasteiger partial charge on any atom is -0.480 e. The maximum Gasteiger partial charge on any atom is 0.325 e. The molecule has 0 aliphatic carbocycles. The Morgan fingerprint density at radius 1 is 1.37 bits per heavy atom. The first-order chi connectivity index (χ1) is 12.9. The smallest absolute Gasteiger partial charge is 0.325 e. The summed E-state index contributed by atoms with van der Waals surface area (Å²) in [4.78, 5) is 23.3. The Kier molecular flexibility index (Phi) is 4.24. The molecule has 3 heterocycles. The number of aryl methyl sites for hydroxylation is 1. The van der Waals surface area contributed by atoms with Crippen molar-refractivity contribution in [2.75, 3.05) is 5.32 Å². The van der Waals surface area contributed by atoms with E-state index in [2.05, 4.69) is 10.4 Å². The van der Waals surface area contributed by atoms with Crippen LogP contribution in [0.5, 0.6) is 0 Å². The van der Waals surface area contributed by atoms with Crippen molar-refractivity contribution in [2.45, 2.75) is 25.8 Å². The molecule has 1 aromatic carbocycles. The summed E-state index contributed by atoms with van der Waals surface area (Å²) in [6.45, 7) is 1.46. The van der Waals surface area contributed by atoms with E-state index in [0.717, 1.165) is 11.1 Å². The Morgan fingerprint density at radius 3 is 2.89 bits per heavy atom. The van der Waals surface area contributed by atoms with Gasteiger partial charge in [-0.05, 0) is 31.2 Å². The second kappa shape index (κ2) is 6.59. The second-order valence-corrected chi connectivity index (χ2v) is 6.79. The molecule has 138 valence electrons. The van der Waals surface area contributed by atoms with Gasteiger partial charge in [-0.1, -0.05) is 23.7 Å². The quantitative estimate of drug-likeness (QED) is 0.714. The third kappa shape index (κ3) is 3.10. The number of carbonyl (C=O) groups excluding carboxylic acids is 1. The van der Waals surface area contributed by atoms with Crippen LogP contribution in [0.25, 0.3) is 11.3 Å². The van der Waals surface area contributed by atoms with E-state index < -0.39 is 5.97 Å². The average Bonchev–Trinajstić information content (AvgIpc) is 3.20. The molecule has 0 saturated carbocycles. The number of furan rings is 1. The van der Waals surface area contributed by atoms with Gasteiger partial charge in [0.15, 0.2) is 0 Å². The van der Waals surface area contributed by atoms with Crippen LogP contribution in [0.4, 0.5) is 5.82 Å². The fraction of sp³-hybridized carbons (Fsp3) is 0.211. The van der Waals surface area contributed by atoms with Crippen molar-refractivity contribution in [2.24, 2.45) is 0 Å². The molecule has 4 rings (SSSR count). The SMILES string of the molecule is Cc1nn(CC(=O)O)c2c1[C@H](c1ccc(-c3ccccc3Cl)o1)CC(=O)N2. The molecule has 1 aliphatic rings. The number of fused-ring (bicyclic) bond motifs is 1. The van der Waals surface area contributed by atoms with Gasteiger partial charge in [0, 0.05) is 17.5 Å². The molecule has 0 bridgehead atoms. The lowest BCUT2D eigenvalue weighted by Gasteiger charge is -2.22. The van der Waals surface area contributed by atoms with E-state index in [0.29, 0.717) is 28.1 Å². The predicted octanol–water partition coefficient (Wildman–Crippen LogP) is 3.66. The second-order valence-electron chi connectivity index (χ2n) is 6.39. The fourth-order valence-electron chi connectivity index (χ4n) is 3.45. The van der Waals surface area contributed by atoms with Gasteiger partial charge < -0.3 is 14.8 Å². The van der Waals surface area contributed by atoms with Crippen LogP contribution in [-0.4, -0.2) is 26.8 Å². The molecular weight excluding hydrogens is 370 g/mol. The number of aromatic nitrogens is 2. The normalized spacial score (nSPS) is 16.1. The molecule has 0 fully saturated rings. The number of nitrogens with one attached hydrogen (secondary N) is 1. The maximum atomic E-state index is 12.2. The summed E-state index contributed by atoms with van der Waals surface area (Å²) in [6.07, 6.45) is 0.197. The van der Waals surface area contributed by atoms with Crippen LogP contribution < -0.4 is 5.32 Å². The summed E-state index contributed by atoms with van der Waals surface area (Å²) in [5.74, 6) is 0.0440. The van der Waals surface area contributed by atoms with Crippen molar-refractivity contribution in [1.82, 2.24) is 9.78 Å². The summed E-state index contributed by atoms with van der Waals surface area (Å²) in [5.41, 5.74) is 2.20. The third-order valence-corrected chi connectivity index (χ3v) is 4.89. The zero-order valence-corrected chi connectivity index (χ0v) is 15.2. The molecule has 1 amide bonds. The van der Waals surface area contributed by atoms with Crippen molar-refractivity contribution < 1.29 is 19.1 Å². The van der Waals surface area contributed by atoms with Crippen LogP contribution >= 0.6 is 11.6 Å². The Labute approximate surface area is 159 Å². The predicted molar refractivity (Wildman–Crippen MR) is 98.8 cm³/mol. The van der Waals surface area contributed by atoms with Crippen molar-refractivity contribution in [3.8, 4) is 11.3 Å². The highest BCUT2D eigenvalue weighted by molar-refractivity contribution is 6.33. The Morgan fingerprint density at radius 2 is 2.15 bits per heavy atom. The lowest BCUT2D eigenvalue weighted by molar-refractivity contribution is -0.137. The number of carboxylic acid groups (broad SMARTS) is 1. The molecule has 1 aliphatic heterocycles. The first-order valence-corrected chi connectivity index (χ1v) is 8.75. The summed E-state index contributed by atoms with van der Waals surface area (Å²) in [6, 6.07) is 11.0. The number of benzene rings is 1. The topological polar surface area (TPSA) is 97.4 Å². The number of hydrogen-bond donors (Lipinski definition) is 2. The zero-order chi connectivity index (χ0) is 19.1. The summed E-state index contributed by atoms with van der Waals surface area (Å²) in [5, 5.41) is 16.7. The minimum atomic E-state index is -1.03. The number of rotatable bonds is 4. The molecule has 0 unspecified atom stereocenters. The van der Waals surface area contributed by atoms with Gasteiger partial charge in [-0.15, -0.1) is 0 Å². The number of carbonyl (C=O) groups is 2. The molecule has 1 atom stereocenters. The molecular formula is C19H16ClN3O4. The number of nitrogens with zero attached hydrogens (tertiary/aromatic N) is 2. The van der Waals surface area contributed by atoms with Gasteiger partial charge in [0.2, 0.25) is 5.91 Å². The summed E-state index contributed by atoms with van der Waals surface area (Å²) < 4.78 is 7.32. The standard InChI is InChI=1S/C19H16ClN3O4/c1-10-18-12(8-16(24)21-19(18)23(22-10)9-17(25)26)15-7-6-14(27-15)11-4-2-3-5-13(11)20/h2-7,12H,8-9H2,1H3,(H,21,24)(H,25,26)/t12-/m0/s1. The van der Waals surface area contributed by atoms with Crippen molar-refractivity contribution >= 4 is 29.3 Å². The van der Waals surface area contributed by atoms with Gasteiger partial charge >= 0.3 is 5.97 Å². The highest BCUT2D eigenvalue weighted by Crippen LogP contribution is 2.41. The Balaban J connectivity index is 1.76. The lowest BCUT2D eigenvalue weighted by Crippen LogP contribution is -2.25. The van der Waals surface area contributed by atoms with E-state index in [-0.39, 0.29) is 24.8 Å². The van der Waals surface area contributed by atoms with Gasteiger partial charge in [0.25, 0.3) is 0 Å². The first kappa shape index (κ1) is 17.4. The molecule has 0 spiro atoms. The molecule has 8 heteroatoms. The first-order valence-electron chi connectivity index (χ1n) is 8.37. The Hall–Kier alpha value is -3.06. The average molecular weight is 386 g/mol. The molecule has 3 aromatic rings. The van der Waals surface area contributed by atoms with Gasteiger partial charge in [0.05, 0.1) is 16.6 Å². The summed E-state index contributed by atoms with van der Waals surface area (Å²) in [7, 11) is 0. The van der Waals surface area contributed by atoms with Gasteiger partial charge in [-0.2, -0.15) is 5.10 Å². The van der Waals surface area contributed by atoms with E-state index in [1.54, 1.807) is 13.0 Å². The largest absolute Gasteiger partial charge is 0.480 e. The van der Waals surface area contributed by atoms with Crippen LogP contribution in [0.2, 0.25) is 5.02 Å². The number of aliphatic carboxylic acids is 1. The molecule has 0 saturated heterocycles. The van der Waals surface area contributed by atoms with Crippen LogP contribution in [0.15, 0.2) is 40.8 Å². The molecule has 2 N–H and O–H groups in total. The summed E-state index contributed by atoms with van der Waals surface area (Å²) >= 11 is 6.24. The van der Waals surface area contributed by atoms with Gasteiger partial charge in [0.1, 0.15) is 23.9 Å². The monoisotopic (exact) mass is 385 g/mol. The number of carboxylic acids is 1. The molecule has 0 radical (unpaired) electrons. The van der Waals surface area contributed by atoms with E-state index >= 15 is 0 Å². The maximum absolute atomic E-state index is 12.2. The van der Waals surface area contributed by atoms with Crippen molar-refractivity contribution in [3.05, 3.63) is 58.4 Å². The van der Waals surface area contributed by atoms with E-state index in [4.69, 9.17) is 21.1 Å². The molecule has 7 nitrogen and oxygen atoms in total. The Bertz CT molecular complexity index is 1050. The van der Waals surface area contributed by atoms with Gasteiger partial charge in [-0.3, -0.25) is 9.59 Å². The van der Waals surface area contributed by atoms with E-state index in [9.17, 15) is 9.59 Å². The van der Waals surface area contributed by atoms with Crippen molar-refractivity contribution in [1.29, 1.82) is 0 Å². The zero-order valence-electron chi connectivity index (χ0n) is 14.4. The number of amides is 1. The van der Waals surface area contributed by atoms with Crippen LogP contribution in [-0.2, 0) is 16.1 Å². The highest BCUT2D eigenvalue weighted by Gasteiger charge is 2.34. The number of anilines is 1. The number of halogens is 1. The minimum absolute atomic E-state index is 0.197. The van der Waals surface area contributed by atoms with Crippen molar-refractivity contribution in [3.63, 3.8) is 0 Å². The molecule has 27 heavy (non-hydrogen) atoms. The van der Waals surface area contributed by atoms with Crippen LogP contribution in [0.3, 0.4) is 0 Å². The third-order valence-electron chi connectivity index (χ3n) is 4.56. The number of hydrogen-bond acceptors (Lipinski definition) is 4. The van der Waals surface area contributed by atoms with E-state index in [1.165, 1.54) is 4.68 Å². The fourth-order valence-corrected chi connectivity index (χ4v) is 3.68. The van der Waals surface area contributed by atoms with Gasteiger partial charge in [-0.25, -0.2) is 4.68 Å². The van der Waals surface area contributed by atoms with Crippen LogP contribution in [0.1, 0.15) is 29.4 Å². The lowest BCUT2D eigenvalue weighted by atomic mass is 9.90. The van der Waals surface area contributed by atoms with E-state index in [1.807, 2.05) is 30.3 Å². The molecule has 2 aromatic heterocycles. The van der Waals surface area contributed by atoms with Crippen LogP contribution in [0, 0.1) is 6.92 Å². The highest BCUT2D eigenvalue weighted by atomic mass is 35.5.